The molecule has 18 heavy (non-hydrogen) atoms. The van der Waals surface area contributed by atoms with E-state index in [1.807, 2.05) is 11.8 Å². The van der Waals surface area contributed by atoms with Gasteiger partial charge in [0.25, 0.3) is 0 Å². The van der Waals surface area contributed by atoms with E-state index in [1.54, 1.807) is 0 Å². The van der Waals surface area contributed by atoms with E-state index in [9.17, 15) is 4.79 Å². The van der Waals surface area contributed by atoms with Crippen molar-refractivity contribution < 1.29 is 9.53 Å². The molecule has 2 N–H and O–H groups in total. The minimum Gasteiger partial charge on any atom is -0.375 e. The summed E-state index contributed by atoms with van der Waals surface area (Å²) in [4.78, 5) is 14.8. The average Bonchev–Trinajstić information content (AvgIpc) is 2.41. The van der Waals surface area contributed by atoms with Gasteiger partial charge in [-0.05, 0) is 26.2 Å². The Hall–Kier alpha value is -0.610. The van der Waals surface area contributed by atoms with Crippen LogP contribution in [0.15, 0.2) is 0 Å². The molecule has 1 saturated heterocycles. The van der Waals surface area contributed by atoms with E-state index in [4.69, 9.17) is 10.5 Å². The van der Waals surface area contributed by atoms with Crippen molar-refractivity contribution in [3.05, 3.63) is 0 Å². The van der Waals surface area contributed by atoms with Gasteiger partial charge in [0, 0.05) is 13.1 Å². The first-order chi connectivity index (χ1) is 8.54. The minimum atomic E-state index is -0.384. The Morgan fingerprint density at radius 2 is 2.00 bits per heavy atom. The summed E-state index contributed by atoms with van der Waals surface area (Å²) in [7, 11) is 0. The summed E-state index contributed by atoms with van der Waals surface area (Å²) in [6.45, 7) is 10.0. The van der Waals surface area contributed by atoms with Crippen LogP contribution in [0.5, 0.6) is 0 Å². The lowest BCUT2D eigenvalue weighted by atomic mass is 9.80. The van der Waals surface area contributed by atoms with Gasteiger partial charge < -0.3 is 15.4 Å². The summed E-state index contributed by atoms with van der Waals surface area (Å²) in [5.74, 6) is 0.219. The van der Waals surface area contributed by atoms with E-state index in [-0.39, 0.29) is 23.5 Å². The van der Waals surface area contributed by atoms with E-state index < -0.39 is 0 Å². The van der Waals surface area contributed by atoms with Crippen LogP contribution in [-0.4, -0.2) is 42.6 Å². The third-order valence-corrected chi connectivity index (χ3v) is 4.40. The normalized spacial score (nSPS) is 25.3. The zero-order valence-corrected chi connectivity index (χ0v) is 12.2. The Bertz CT molecular complexity index is 269. The van der Waals surface area contributed by atoms with Gasteiger partial charge in [0.1, 0.15) is 0 Å². The Morgan fingerprint density at radius 3 is 2.44 bits per heavy atom. The highest BCUT2D eigenvalue weighted by molar-refractivity contribution is 5.83. The molecule has 0 aliphatic carbocycles. The van der Waals surface area contributed by atoms with E-state index in [0.717, 1.165) is 19.3 Å². The summed E-state index contributed by atoms with van der Waals surface area (Å²) in [5.41, 5.74) is 5.49. The Kier molecular flexibility index (Phi) is 5.60. The molecule has 0 spiro atoms. The lowest BCUT2D eigenvalue weighted by Gasteiger charge is -2.43. The molecule has 1 heterocycles. The van der Waals surface area contributed by atoms with Crippen LogP contribution in [0.3, 0.4) is 0 Å². The van der Waals surface area contributed by atoms with E-state index in [0.29, 0.717) is 19.7 Å². The maximum atomic E-state index is 12.8. The van der Waals surface area contributed by atoms with Crippen molar-refractivity contribution in [3.63, 3.8) is 0 Å². The van der Waals surface area contributed by atoms with Gasteiger partial charge in [0.05, 0.1) is 24.2 Å². The van der Waals surface area contributed by atoms with Crippen LogP contribution < -0.4 is 5.73 Å². The van der Waals surface area contributed by atoms with Crippen molar-refractivity contribution in [1.82, 2.24) is 4.90 Å². The molecule has 0 aromatic heterocycles. The molecule has 1 fully saturated rings. The van der Waals surface area contributed by atoms with Gasteiger partial charge in [-0.3, -0.25) is 4.79 Å². The molecular formula is C14H28N2O2. The molecule has 1 amide bonds. The van der Waals surface area contributed by atoms with Gasteiger partial charge in [-0.25, -0.2) is 0 Å². The predicted molar refractivity (Wildman–Crippen MR) is 73.3 cm³/mol. The highest BCUT2D eigenvalue weighted by Crippen LogP contribution is 2.30. The first-order valence-electron chi connectivity index (χ1n) is 7.17. The largest absolute Gasteiger partial charge is 0.375 e. The molecule has 2 unspecified atom stereocenters. The van der Waals surface area contributed by atoms with E-state index in [2.05, 4.69) is 20.8 Å². The molecule has 4 heteroatoms. The molecule has 0 aromatic carbocycles. The lowest BCUT2D eigenvalue weighted by Crippen LogP contribution is -2.57. The monoisotopic (exact) mass is 256 g/mol. The number of nitrogens with zero attached hydrogens (tertiary/aromatic N) is 1. The fraction of sp³-hybridized carbons (Fsp3) is 0.929. The molecule has 106 valence electrons. The first kappa shape index (κ1) is 15.4. The highest BCUT2D eigenvalue weighted by Gasteiger charge is 2.40. The van der Waals surface area contributed by atoms with Crippen LogP contribution in [0.4, 0.5) is 0 Å². The van der Waals surface area contributed by atoms with Crippen LogP contribution in [-0.2, 0) is 9.53 Å². The maximum Gasteiger partial charge on any atom is 0.230 e. The van der Waals surface area contributed by atoms with Crippen LogP contribution in [0.25, 0.3) is 0 Å². The van der Waals surface area contributed by atoms with Crippen molar-refractivity contribution in [1.29, 1.82) is 0 Å². The molecule has 0 bridgehead atoms. The van der Waals surface area contributed by atoms with Gasteiger partial charge in [-0.2, -0.15) is 0 Å². The number of ether oxygens (including phenoxy) is 1. The van der Waals surface area contributed by atoms with Gasteiger partial charge in [-0.15, -0.1) is 0 Å². The summed E-state index contributed by atoms with van der Waals surface area (Å²) in [5, 5.41) is 0. The maximum absolute atomic E-state index is 12.8. The second kappa shape index (κ2) is 6.53. The third-order valence-electron chi connectivity index (χ3n) is 4.40. The van der Waals surface area contributed by atoms with Gasteiger partial charge >= 0.3 is 0 Å². The SMILES string of the molecule is CCC1COC(C)CN1C(=O)C(CC)(CC)CN. The Labute approximate surface area is 111 Å². The van der Waals surface area contributed by atoms with Gasteiger partial charge in [-0.1, -0.05) is 20.8 Å². The van der Waals surface area contributed by atoms with Crippen LogP contribution in [0, 0.1) is 5.41 Å². The Morgan fingerprint density at radius 1 is 1.39 bits per heavy atom. The Balaban J connectivity index is 2.90. The number of hydrogen-bond donors (Lipinski definition) is 1. The number of nitrogens with two attached hydrogens (primary N) is 1. The minimum absolute atomic E-state index is 0.126. The molecule has 0 aromatic rings. The van der Waals surface area contributed by atoms with Crippen LogP contribution >= 0.6 is 0 Å². The van der Waals surface area contributed by atoms with Crippen molar-refractivity contribution in [2.24, 2.45) is 11.1 Å². The molecule has 1 rings (SSSR count). The molecule has 0 saturated carbocycles. The van der Waals surface area contributed by atoms with Crippen molar-refractivity contribution in [2.75, 3.05) is 19.7 Å². The van der Waals surface area contributed by atoms with Crippen molar-refractivity contribution in [3.8, 4) is 0 Å². The molecule has 2 atom stereocenters. The predicted octanol–water partition coefficient (Wildman–Crippen LogP) is 1.78. The third kappa shape index (κ3) is 2.86. The number of amides is 1. The fourth-order valence-electron chi connectivity index (χ4n) is 2.66. The van der Waals surface area contributed by atoms with Gasteiger partial charge in [0.2, 0.25) is 5.91 Å². The number of carbonyl (C=O) groups excluding carboxylic acids is 1. The van der Waals surface area contributed by atoms with Gasteiger partial charge in [0.15, 0.2) is 0 Å². The van der Waals surface area contributed by atoms with Crippen LogP contribution in [0.1, 0.15) is 47.0 Å². The van der Waals surface area contributed by atoms with E-state index in [1.165, 1.54) is 0 Å². The van der Waals surface area contributed by atoms with Crippen molar-refractivity contribution in [2.45, 2.75) is 59.1 Å². The highest BCUT2D eigenvalue weighted by atomic mass is 16.5. The zero-order valence-electron chi connectivity index (χ0n) is 12.2. The van der Waals surface area contributed by atoms with Crippen molar-refractivity contribution >= 4 is 5.91 Å². The fourth-order valence-corrected chi connectivity index (χ4v) is 2.66. The quantitative estimate of drug-likeness (QED) is 0.815. The lowest BCUT2D eigenvalue weighted by molar-refractivity contribution is -0.155. The van der Waals surface area contributed by atoms with E-state index >= 15 is 0 Å². The summed E-state index contributed by atoms with van der Waals surface area (Å²) < 4.78 is 5.65. The number of morpholine rings is 1. The topological polar surface area (TPSA) is 55.6 Å². The number of hydrogen-bond acceptors (Lipinski definition) is 3. The number of carbonyl (C=O) groups is 1. The second-order valence-electron chi connectivity index (χ2n) is 5.36. The molecule has 1 aliphatic heterocycles. The molecule has 1 aliphatic rings. The molecular weight excluding hydrogens is 228 g/mol. The standard InChI is InChI=1S/C14H28N2O2/c1-5-12-9-18-11(4)8-16(12)13(17)14(6-2,7-3)10-15/h11-12H,5-10,15H2,1-4H3. The average molecular weight is 256 g/mol. The molecule has 0 radical (unpaired) electrons. The smallest absolute Gasteiger partial charge is 0.230 e. The van der Waals surface area contributed by atoms with Crippen LogP contribution in [0.2, 0.25) is 0 Å². The summed E-state index contributed by atoms with van der Waals surface area (Å²) in [6.07, 6.45) is 2.68. The number of rotatable bonds is 5. The summed E-state index contributed by atoms with van der Waals surface area (Å²) in [6, 6.07) is 0.206. The first-order valence-corrected chi connectivity index (χ1v) is 7.17. The zero-order chi connectivity index (χ0) is 13.8. The second-order valence-corrected chi connectivity index (χ2v) is 5.36. The molecule has 4 nitrogen and oxygen atoms in total. The summed E-state index contributed by atoms with van der Waals surface area (Å²) >= 11 is 0.